The van der Waals surface area contributed by atoms with Crippen molar-refractivity contribution in [1.29, 1.82) is 0 Å². The maximum Gasteiger partial charge on any atom is 0.150 e. The molecular weight excluding hydrogens is 232 g/mol. The van der Waals surface area contributed by atoms with Crippen LogP contribution < -0.4 is 9.64 Å². The monoisotopic (exact) mass is 250 g/mol. The summed E-state index contributed by atoms with van der Waals surface area (Å²) in [5.41, 5.74) is 1.36. The molecule has 0 unspecified atom stereocenters. The molecule has 1 aromatic carbocycles. The van der Waals surface area contributed by atoms with Gasteiger partial charge in [-0.15, -0.1) is 4.91 Å². The first-order valence-electron chi connectivity index (χ1n) is 6.15. The predicted octanol–water partition coefficient (Wildman–Crippen LogP) is 2.30. The van der Waals surface area contributed by atoms with Crippen LogP contribution in [0.15, 0.2) is 23.4 Å². The minimum Gasteiger partial charge on any atom is -0.494 e. The number of hydrogen-bond donors (Lipinski definition) is 1. The summed E-state index contributed by atoms with van der Waals surface area (Å²) in [6.07, 6.45) is 1.99. The molecule has 0 atom stereocenters. The van der Waals surface area contributed by atoms with Gasteiger partial charge in [0.2, 0.25) is 0 Å². The van der Waals surface area contributed by atoms with E-state index < -0.39 is 0 Å². The van der Waals surface area contributed by atoms with Gasteiger partial charge in [-0.2, -0.15) is 0 Å². The number of nitrogens with zero attached hydrogens (tertiary/aromatic N) is 2. The Balaban J connectivity index is 2.12. The number of nitroso groups, excluding NO2 is 1. The van der Waals surface area contributed by atoms with Crippen LogP contribution in [0.4, 0.5) is 11.4 Å². The number of rotatable bonds is 4. The number of methoxy groups -OCH3 is 1. The third-order valence-corrected chi connectivity index (χ3v) is 3.50. The van der Waals surface area contributed by atoms with E-state index in [1.54, 1.807) is 6.07 Å². The molecule has 0 amide bonds. The van der Waals surface area contributed by atoms with E-state index in [0.717, 1.165) is 31.6 Å². The molecule has 1 aliphatic heterocycles. The molecule has 5 heteroatoms. The van der Waals surface area contributed by atoms with Gasteiger partial charge in [0.1, 0.15) is 11.4 Å². The second kappa shape index (κ2) is 5.82. The second-order valence-electron chi connectivity index (χ2n) is 4.56. The van der Waals surface area contributed by atoms with Crippen molar-refractivity contribution >= 4 is 11.4 Å². The zero-order valence-electron chi connectivity index (χ0n) is 10.5. The first-order chi connectivity index (χ1) is 8.78. The van der Waals surface area contributed by atoms with Crippen molar-refractivity contribution in [2.24, 2.45) is 11.1 Å². The zero-order valence-corrected chi connectivity index (χ0v) is 10.5. The summed E-state index contributed by atoms with van der Waals surface area (Å²) in [7, 11) is 1.53. The zero-order chi connectivity index (χ0) is 13.0. The summed E-state index contributed by atoms with van der Waals surface area (Å²) < 4.78 is 5.15. The Kier molecular flexibility index (Phi) is 4.15. The van der Waals surface area contributed by atoms with Gasteiger partial charge in [-0.25, -0.2) is 0 Å². The normalized spacial score (nSPS) is 16.7. The Bertz CT molecular complexity index is 415. The van der Waals surface area contributed by atoms with Crippen molar-refractivity contribution in [2.75, 3.05) is 31.7 Å². The van der Waals surface area contributed by atoms with E-state index in [1.165, 1.54) is 7.11 Å². The van der Waals surface area contributed by atoms with E-state index in [2.05, 4.69) is 10.1 Å². The molecule has 18 heavy (non-hydrogen) atoms. The van der Waals surface area contributed by atoms with Gasteiger partial charge in [-0.3, -0.25) is 0 Å². The molecule has 1 N–H and O–H groups in total. The molecule has 0 aromatic heterocycles. The van der Waals surface area contributed by atoms with E-state index in [1.807, 2.05) is 12.1 Å². The number of piperidine rings is 1. The molecule has 2 rings (SSSR count). The molecule has 5 nitrogen and oxygen atoms in total. The van der Waals surface area contributed by atoms with Gasteiger partial charge in [0, 0.05) is 31.5 Å². The molecule has 1 aliphatic rings. The van der Waals surface area contributed by atoms with Gasteiger partial charge in [0.25, 0.3) is 0 Å². The Hall–Kier alpha value is -1.62. The van der Waals surface area contributed by atoms with Crippen LogP contribution in [0.2, 0.25) is 0 Å². The topological polar surface area (TPSA) is 62.1 Å². The summed E-state index contributed by atoms with van der Waals surface area (Å²) in [5, 5.41) is 12.0. The average Bonchev–Trinajstić information content (AvgIpc) is 2.46. The van der Waals surface area contributed by atoms with E-state index >= 15 is 0 Å². The third-order valence-electron chi connectivity index (χ3n) is 3.50. The minimum atomic E-state index is 0.269. The van der Waals surface area contributed by atoms with Gasteiger partial charge in [0.05, 0.1) is 7.11 Å². The highest BCUT2D eigenvalue weighted by Crippen LogP contribution is 2.33. The first kappa shape index (κ1) is 12.8. The lowest BCUT2D eigenvalue weighted by Gasteiger charge is -2.33. The molecular formula is C13H18N2O3. The number of ether oxygens (including phenoxy) is 1. The fourth-order valence-corrected chi connectivity index (χ4v) is 2.31. The molecule has 98 valence electrons. The molecule has 0 saturated carbocycles. The van der Waals surface area contributed by atoms with Crippen LogP contribution in [0.5, 0.6) is 5.75 Å². The Labute approximate surface area is 106 Å². The SMILES string of the molecule is COc1cc(N2CCC(CO)CC2)ccc1N=O. The van der Waals surface area contributed by atoms with Crippen LogP contribution in [-0.4, -0.2) is 31.9 Å². The number of hydrogen-bond acceptors (Lipinski definition) is 5. The van der Waals surface area contributed by atoms with Gasteiger partial charge < -0.3 is 14.7 Å². The van der Waals surface area contributed by atoms with E-state index in [-0.39, 0.29) is 6.61 Å². The smallest absolute Gasteiger partial charge is 0.150 e. The second-order valence-corrected chi connectivity index (χ2v) is 4.56. The summed E-state index contributed by atoms with van der Waals surface area (Å²) in [6, 6.07) is 5.41. The summed E-state index contributed by atoms with van der Waals surface area (Å²) >= 11 is 0. The van der Waals surface area contributed by atoms with Crippen LogP contribution in [0.25, 0.3) is 0 Å². The highest BCUT2D eigenvalue weighted by molar-refractivity contribution is 5.62. The van der Waals surface area contributed by atoms with Crippen molar-refractivity contribution in [3.63, 3.8) is 0 Å². The molecule has 0 aliphatic carbocycles. The number of aliphatic hydroxyl groups is 1. The lowest BCUT2D eigenvalue weighted by molar-refractivity contribution is 0.203. The quantitative estimate of drug-likeness (QED) is 0.833. The summed E-state index contributed by atoms with van der Waals surface area (Å²) in [4.78, 5) is 12.8. The summed E-state index contributed by atoms with van der Waals surface area (Å²) in [6.45, 7) is 2.11. The fourth-order valence-electron chi connectivity index (χ4n) is 2.31. The van der Waals surface area contributed by atoms with Gasteiger partial charge in [-0.1, -0.05) is 0 Å². The summed E-state index contributed by atoms with van der Waals surface area (Å²) in [5.74, 6) is 0.922. The van der Waals surface area contributed by atoms with Crippen molar-refractivity contribution in [3.8, 4) is 5.75 Å². The third kappa shape index (κ3) is 2.61. The fraction of sp³-hybridized carbons (Fsp3) is 0.538. The van der Waals surface area contributed by atoms with E-state index in [0.29, 0.717) is 17.4 Å². The van der Waals surface area contributed by atoms with Crippen LogP contribution in [0, 0.1) is 10.8 Å². The highest BCUT2D eigenvalue weighted by Gasteiger charge is 2.19. The molecule has 1 fully saturated rings. The van der Waals surface area contributed by atoms with Gasteiger partial charge >= 0.3 is 0 Å². The van der Waals surface area contributed by atoms with E-state index in [9.17, 15) is 4.91 Å². The van der Waals surface area contributed by atoms with Crippen molar-refractivity contribution < 1.29 is 9.84 Å². The van der Waals surface area contributed by atoms with Crippen LogP contribution in [-0.2, 0) is 0 Å². The standard InChI is InChI=1S/C13H18N2O3/c1-18-13-8-11(2-3-12(13)14-17)15-6-4-10(9-16)5-7-15/h2-3,8,10,16H,4-7,9H2,1H3. The van der Waals surface area contributed by atoms with Gasteiger partial charge in [0.15, 0.2) is 0 Å². The lowest BCUT2D eigenvalue weighted by Crippen LogP contribution is -2.34. The Morgan fingerprint density at radius 3 is 2.72 bits per heavy atom. The number of anilines is 1. The molecule has 1 saturated heterocycles. The lowest BCUT2D eigenvalue weighted by atomic mass is 9.97. The van der Waals surface area contributed by atoms with Crippen molar-refractivity contribution in [2.45, 2.75) is 12.8 Å². The molecule has 1 heterocycles. The molecule has 0 bridgehead atoms. The minimum absolute atomic E-state index is 0.269. The number of aliphatic hydroxyl groups excluding tert-OH is 1. The predicted molar refractivity (Wildman–Crippen MR) is 70.5 cm³/mol. The molecule has 1 aromatic rings. The van der Waals surface area contributed by atoms with Crippen LogP contribution in [0.1, 0.15) is 12.8 Å². The Morgan fingerprint density at radius 1 is 1.44 bits per heavy atom. The van der Waals surface area contributed by atoms with Crippen molar-refractivity contribution in [3.05, 3.63) is 23.1 Å². The maximum absolute atomic E-state index is 10.6. The number of benzene rings is 1. The average molecular weight is 250 g/mol. The van der Waals surface area contributed by atoms with E-state index in [4.69, 9.17) is 9.84 Å². The van der Waals surface area contributed by atoms with Crippen LogP contribution in [0.3, 0.4) is 0 Å². The van der Waals surface area contributed by atoms with Gasteiger partial charge in [-0.05, 0) is 36.1 Å². The molecule has 0 radical (unpaired) electrons. The Morgan fingerprint density at radius 2 is 2.17 bits per heavy atom. The highest BCUT2D eigenvalue weighted by atomic mass is 16.5. The molecule has 0 spiro atoms. The van der Waals surface area contributed by atoms with Crippen molar-refractivity contribution in [1.82, 2.24) is 0 Å². The maximum atomic E-state index is 10.6. The first-order valence-corrected chi connectivity index (χ1v) is 6.15. The largest absolute Gasteiger partial charge is 0.494 e. The van der Waals surface area contributed by atoms with Crippen LogP contribution >= 0.6 is 0 Å².